The van der Waals surface area contributed by atoms with E-state index in [2.05, 4.69) is 4.99 Å². The SMILES string of the molecule is CCOCCn1c(=NC(=O)C2=COCCO2)sc2ccccc21. The van der Waals surface area contributed by atoms with E-state index in [0.29, 0.717) is 37.8 Å². The van der Waals surface area contributed by atoms with Crippen LogP contribution in [0.2, 0.25) is 0 Å². The zero-order chi connectivity index (χ0) is 16.1. The first-order chi connectivity index (χ1) is 11.3. The number of benzene rings is 1. The lowest BCUT2D eigenvalue weighted by molar-refractivity contribution is -0.119. The summed E-state index contributed by atoms with van der Waals surface area (Å²) in [5.74, 6) is -0.286. The number of fused-ring (bicyclic) bond motifs is 1. The van der Waals surface area contributed by atoms with Crippen molar-refractivity contribution in [3.63, 3.8) is 0 Å². The van der Waals surface area contributed by atoms with Crippen molar-refractivity contribution in [2.24, 2.45) is 4.99 Å². The number of carbonyl (C=O) groups excluding carboxylic acids is 1. The molecule has 23 heavy (non-hydrogen) atoms. The fourth-order valence-corrected chi connectivity index (χ4v) is 3.30. The first-order valence-corrected chi connectivity index (χ1v) is 8.31. The van der Waals surface area contributed by atoms with E-state index in [4.69, 9.17) is 14.2 Å². The van der Waals surface area contributed by atoms with E-state index < -0.39 is 5.91 Å². The summed E-state index contributed by atoms with van der Waals surface area (Å²) in [6, 6.07) is 7.97. The maximum atomic E-state index is 12.2. The predicted octanol–water partition coefficient (Wildman–Crippen LogP) is 2.05. The van der Waals surface area contributed by atoms with Crippen LogP contribution < -0.4 is 4.80 Å². The Balaban J connectivity index is 1.97. The van der Waals surface area contributed by atoms with Gasteiger partial charge in [-0.1, -0.05) is 23.5 Å². The van der Waals surface area contributed by atoms with Crippen LogP contribution in [0.3, 0.4) is 0 Å². The van der Waals surface area contributed by atoms with Crippen molar-refractivity contribution in [3.05, 3.63) is 41.1 Å². The third-order valence-electron chi connectivity index (χ3n) is 3.31. The van der Waals surface area contributed by atoms with Crippen molar-refractivity contribution < 1.29 is 19.0 Å². The number of rotatable bonds is 5. The van der Waals surface area contributed by atoms with E-state index in [9.17, 15) is 4.79 Å². The van der Waals surface area contributed by atoms with Crippen LogP contribution >= 0.6 is 11.3 Å². The number of thiazole rings is 1. The average molecular weight is 334 g/mol. The Bertz CT molecular complexity index is 791. The van der Waals surface area contributed by atoms with E-state index in [1.165, 1.54) is 17.6 Å². The lowest BCUT2D eigenvalue weighted by Gasteiger charge is -2.12. The van der Waals surface area contributed by atoms with Gasteiger partial charge in [0.05, 0.1) is 16.8 Å². The molecule has 0 radical (unpaired) electrons. The van der Waals surface area contributed by atoms with Gasteiger partial charge in [-0.2, -0.15) is 4.99 Å². The van der Waals surface area contributed by atoms with Crippen LogP contribution in [0.25, 0.3) is 10.2 Å². The van der Waals surface area contributed by atoms with Gasteiger partial charge >= 0.3 is 5.91 Å². The third kappa shape index (κ3) is 3.62. The van der Waals surface area contributed by atoms with Gasteiger partial charge < -0.3 is 18.8 Å². The summed E-state index contributed by atoms with van der Waals surface area (Å²) in [5.41, 5.74) is 1.04. The maximum Gasteiger partial charge on any atom is 0.317 e. The molecule has 0 aliphatic carbocycles. The molecule has 0 unspecified atom stereocenters. The molecule has 7 heteroatoms. The molecule has 0 saturated carbocycles. The second-order valence-corrected chi connectivity index (χ2v) is 5.83. The number of para-hydroxylation sites is 1. The van der Waals surface area contributed by atoms with Crippen LogP contribution in [0.5, 0.6) is 0 Å². The highest BCUT2D eigenvalue weighted by Crippen LogP contribution is 2.17. The zero-order valence-electron chi connectivity index (χ0n) is 12.9. The molecule has 3 rings (SSSR count). The van der Waals surface area contributed by atoms with Crippen LogP contribution in [0.4, 0.5) is 0 Å². The standard InChI is InChI=1S/C16H18N2O4S/c1-2-20-8-7-18-12-5-3-4-6-14(12)23-16(18)17-15(19)13-11-21-9-10-22-13/h3-6,11H,2,7-10H2,1H3. The third-order valence-corrected chi connectivity index (χ3v) is 4.37. The van der Waals surface area contributed by atoms with Gasteiger partial charge in [0, 0.05) is 13.2 Å². The second-order valence-electron chi connectivity index (χ2n) is 4.82. The Morgan fingerprint density at radius 2 is 2.26 bits per heavy atom. The molecule has 1 aromatic heterocycles. The Kier molecular flexibility index (Phi) is 5.09. The number of ether oxygens (including phenoxy) is 3. The van der Waals surface area contributed by atoms with Crippen molar-refractivity contribution in [3.8, 4) is 0 Å². The van der Waals surface area contributed by atoms with Gasteiger partial charge in [0.1, 0.15) is 19.5 Å². The number of hydrogen-bond donors (Lipinski definition) is 0. The Morgan fingerprint density at radius 3 is 3.04 bits per heavy atom. The highest BCUT2D eigenvalue weighted by molar-refractivity contribution is 7.16. The fraction of sp³-hybridized carbons (Fsp3) is 0.375. The molecule has 0 fully saturated rings. The van der Waals surface area contributed by atoms with Crippen molar-refractivity contribution in [1.29, 1.82) is 0 Å². The maximum absolute atomic E-state index is 12.2. The normalized spacial score (nSPS) is 15.2. The topological polar surface area (TPSA) is 62.1 Å². The molecule has 0 atom stereocenters. The molecule has 1 aliphatic heterocycles. The number of nitrogens with zero attached hydrogens (tertiary/aromatic N) is 2. The molecule has 2 aromatic rings. The summed E-state index contributed by atoms with van der Waals surface area (Å²) in [4.78, 5) is 17.1. The minimum Gasteiger partial charge on any atom is -0.494 e. The molecule has 0 bridgehead atoms. The van der Waals surface area contributed by atoms with Gasteiger partial charge in [-0.3, -0.25) is 4.79 Å². The molecule has 2 heterocycles. The molecule has 6 nitrogen and oxygen atoms in total. The molecule has 0 saturated heterocycles. The van der Waals surface area contributed by atoms with Crippen LogP contribution in [0.1, 0.15) is 6.92 Å². The van der Waals surface area contributed by atoms with Crippen molar-refractivity contribution in [2.45, 2.75) is 13.5 Å². The quantitative estimate of drug-likeness (QED) is 0.785. The van der Waals surface area contributed by atoms with Gasteiger partial charge in [-0.15, -0.1) is 0 Å². The zero-order valence-corrected chi connectivity index (χ0v) is 13.7. The van der Waals surface area contributed by atoms with E-state index in [-0.39, 0.29) is 5.76 Å². The minimum absolute atomic E-state index is 0.144. The van der Waals surface area contributed by atoms with Crippen LogP contribution in [0.15, 0.2) is 41.3 Å². The first kappa shape index (κ1) is 15.8. The highest BCUT2D eigenvalue weighted by Gasteiger charge is 2.15. The average Bonchev–Trinajstić information content (AvgIpc) is 2.93. The molecule has 1 aliphatic rings. The molecule has 1 amide bonds. The second kappa shape index (κ2) is 7.43. The van der Waals surface area contributed by atoms with Crippen molar-refractivity contribution in [2.75, 3.05) is 26.4 Å². The number of aromatic nitrogens is 1. The summed E-state index contributed by atoms with van der Waals surface area (Å²) in [6.45, 7) is 4.64. The van der Waals surface area contributed by atoms with E-state index in [1.807, 2.05) is 35.8 Å². The smallest absolute Gasteiger partial charge is 0.317 e. The number of hydrogen-bond acceptors (Lipinski definition) is 5. The van der Waals surface area contributed by atoms with Crippen LogP contribution in [-0.4, -0.2) is 36.9 Å². The molecule has 122 valence electrons. The molecule has 0 spiro atoms. The minimum atomic E-state index is -0.429. The monoisotopic (exact) mass is 334 g/mol. The Morgan fingerprint density at radius 1 is 1.39 bits per heavy atom. The summed E-state index contributed by atoms with van der Waals surface area (Å²) in [5, 5.41) is 0. The highest BCUT2D eigenvalue weighted by atomic mass is 32.1. The fourth-order valence-electron chi connectivity index (χ4n) is 2.24. The van der Waals surface area contributed by atoms with E-state index in [0.717, 1.165) is 10.2 Å². The summed E-state index contributed by atoms with van der Waals surface area (Å²) >= 11 is 1.47. The molecular formula is C16H18N2O4S. The molecule has 0 N–H and O–H groups in total. The Hall–Kier alpha value is -2.12. The van der Waals surface area contributed by atoms with E-state index >= 15 is 0 Å². The first-order valence-electron chi connectivity index (χ1n) is 7.49. The van der Waals surface area contributed by atoms with Crippen molar-refractivity contribution in [1.82, 2.24) is 4.57 Å². The van der Waals surface area contributed by atoms with Crippen LogP contribution in [-0.2, 0) is 25.5 Å². The van der Waals surface area contributed by atoms with Crippen LogP contribution in [0, 0.1) is 0 Å². The number of carbonyl (C=O) groups is 1. The van der Waals surface area contributed by atoms with Gasteiger partial charge in [0.25, 0.3) is 0 Å². The van der Waals surface area contributed by atoms with Gasteiger partial charge in [0.15, 0.2) is 4.80 Å². The largest absolute Gasteiger partial charge is 0.494 e. The number of amides is 1. The predicted molar refractivity (Wildman–Crippen MR) is 86.9 cm³/mol. The van der Waals surface area contributed by atoms with Gasteiger partial charge in [-0.25, -0.2) is 0 Å². The van der Waals surface area contributed by atoms with Gasteiger partial charge in [-0.05, 0) is 19.1 Å². The Labute approximate surface area is 137 Å². The lowest BCUT2D eigenvalue weighted by atomic mass is 10.3. The molecular weight excluding hydrogens is 316 g/mol. The summed E-state index contributed by atoms with van der Waals surface area (Å²) in [6.07, 6.45) is 1.33. The summed E-state index contributed by atoms with van der Waals surface area (Å²) in [7, 11) is 0. The summed E-state index contributed by atoms with van der Waals surface area (Å²) < 4.78 is 18.9. The lowest BCUT2D eigenvalue weighted by Crippen LogP contribution is -2.21. The van der Waals surface area contributed by atoms with Gasteiger partial charge in [0.2, 0.25) is 5.76 Å². The van der Waals surface area contributed by atoms with Crippen molar-refractivity contribution >= 4 is 27.5 Å². The molecule has 1 aromatic carbocycles. The van der Waals surface area contributed by atoms with E-state index in [1.54, 1.807) is 0 Å².